The van der Waals surface area contributed by atoms with E-state index in [0.717, 1.165) is 6.42 Å². The van der Waals surface area contributed by atoms with Gasteiger partial charge < -0.3 is 0 Å². The van der Waals surface area contributed by atoms with E-state index in [0.29, 0.717) is 11.3 Å². The smallest absolute Gasteiger partial charge is 0.0409 e. The van der Waals surface area contributed by atoms with Crippen LogP contribution in [0.25, 0.3) is 0 Å². The topological polar surface area (TPSA) is 0 Å². The van der Waals surface area contributed by atoms with Crippen molar-refractivity contribution in [2.24, 2.45) is 11.3 Å². The van der Waals surface area contributed by atoms with Gasteiger partial charge in [-0.3, -0.25) is 0 Å². The minimum absolute atomic E-state index is 0.285. The SMILES string of the molecule is CC1(C)CCCCC1C(Cl)Cc1ccccc1. The van der Waals surface area contributed by atoms with Gasteiger partial charge in [-0.05, 0) is 36.2 Å². The Bertz CT molecular complexity index is 342. The van der Waals surface area contributed by atoms with Gasteiger partial charge in [-0.25, -0.2) is 0 Å². The normalized spacial score (nSPS) is 25.5. The number of halogens is 1. The molecule has 2 atom stereocenters. The van der Waals surface area contributed by atoms with Crippen LogP contribution in [0.4, 0.5) is 0 Å². The maximum atomic E-state index is 6.68. The van der Waals surface area contributed by atoms with Crippen LogP contribution >= 0.6 is 11.6 Å². The Labute approximate surface area is 110 Å². The monoisotopic (exact) mass is 250 g/mol. The molecule has 0 bridgehead atoms. The first-order valence-corrected chi connectivity index (χ1v) is 7.21. The molecule has 0 nitrogen and oxygen atoms in total. The number of hydrogen-bond donors (Lipinski definition) is 0. The summed E-state index contributed by atoms with van der Waals surface area (Å²) in [4.78, 5) is 0. The minimum atomic E-state index is 0.285. The summed E-state index contributed by atoms with van der Waals surface area (Å²) in [5.74, 6) is 0.665. The van der Waals surface area contributed by atoms with Crippen molar-refractivity contribution in [3.8, 4) is 0 Å². The van der Waals surface area contributed by atoms with Crippen LogP contribution in [0.3, 0.4) is 0 Å². The van der Waals surface area contributed by atoms with Gasteiger partial charge in [0.2, 0.25) is 0 Å². The number of hydrogen-bond acceptors (Lipinski definition) is 0. The van der Waals surface area contributed by atoms with E-state index in [-0.39, 0.29) is 5.38 Å². The molecule has 0 heterocycles. The number of alkyl halides is 1. The summed E-state index contributed by atoms with van der Waals surface area (Å²) in [7, 11) is 0. The maximum Gasteiger partial charge on any atom is 0.0409 e. The highest BCUT2D eigenvalue weighted by Gasteiger charge is 2.36. The molecule has 1 aromatic carbocycles. The fourth-order valence-electron chi connectivity index (χ4n) is 3.17. The van der Waals surface area contributed by atoms with E-state index in [4.69, 9.17) is 11.6 Å². The molecule has 0 saturated heterocycles. The zero-order valence-electron chi connectivity index (χ0n) is 11.0. The molecule has 1 saturated carbocycles. The molecular weight excluding hydrogens is 228 g/mol. The molecule has 1 aliphatic rings. The van der Waals surface area contributed by atoms with E-state index in [1.54, 1.807) is 0 Å². The van der Waals surface area contributed by atoms with Gasteiger partial charge in [0, 0.05) is 5.38 Å². The van der Waals surface area contributed by atoms with Crippen LogP contribution in [0.2, 0.25) is 0 Å². The molecule has 0 amide bonds. The summed E-state index contributed by atoms with van der Waals surface area (Å²) in [6, 6.07) is 10.6. The van der Waals surface area contributed by atoms with Crippen molar-refractivity contribution in [1.29, 1.82) is 0 Å². The zero-order valence-corrected chi connectivity index (χ0v) is 11.7. The Morgan fingerprint density at radius 1 is 1.24 bits per heavy atom. The Hall–Kier alpha value is -0.490. The average Bonchev–Trinajstić information content (AvgIpc) is 2.29. The fraction of sp³-hybridized carbons (Fsp3) is 0.625. The second-order valence-electron chi connectivity index (χ2n) is 6.05. The molecule has 0 aromatic heterocycles. The predicted molar refractivity (Wildman–Crippen MR) is 75.5 cm³/mol. The third-order valence-electron chi connectivity index (χ3n) is 4.30. The molecule has 1 aromatic rings. The van der Waals surface area contributed by atoms with E-state index in [1.165, 1.54) is 31.2 Å². The molecule has 17 heavy (non-hydrogen) atoms. The second-order valence-corrected chi connectivity index (χ2v) is 6.61. The minimum Gasteiger partial charge on any atom is -0.122 e. The van der Waals surface area contributed by atoms with Crippen molar-refractivity contribution < 1.29 is 0 Å². The molecule has 0 radical (unpaired) electrons. The Morgan fingerprint density at radius 2 is 1.94 bits per heavy atom. The van der Waals surface area contributed by atoms with E-state index in [9.17, 15) is 0 Å². The Kier molecular flexibility index (Phi) is 4.14. The van der Waals surface area contributed by atoms with Crippen LogP contribution in [0.15, 0.2) is 30.3 Å². The van der Waals surface area contributed by atoms with Gasteiger partial charge in [-0.2, -0.15) is 0 Å². The van der Waals surface area contributed by atoms with Crippen molar-refractivity contribution in [2.45, 2.75) is 51.3 Å². The fourth-order valence-corrected chi connectivity index (χ4v) is 3.82. The zero-order chi connectivity index (χ0) is 12.3. The van der Waals surface area contributed by atoms with E-state index >= 15 is 0 Å². The van der Waals surface area contributed by atoms with Crippen molar-refractivity contribution in [3.05, 3.63) is 35.9 Å². The highest BCUT2D eigenvalue weighted by molar-refractivity contribution is 6.21. The standard InChI is InChI=1S/C16H23Cl/c1-16(2)11-7-6-10-14(16)15(17)12-13-8-4-3-5-9-13/h3-5,8-9,14-15H,6-7,10-12H2,1-2H3. The van der Waals surface area contributed by atoms with Crippen LogP contribution in [0, 0.1) is 11.3 Å². The van der Waals surface area contributed by atoms with Crippen LogP contribution in [0.1, 0.15) is 45.1 Å². The highest BCUT2D eigenvalue weighted by Crippen LogP contribution is 2.44. The first-order valence-electron chi connectivity index (χ1n) is 6.77. The van der Waals surface area contributed by atoms with Crippen LogP contribution in [0.5, 0.6) is 0 Å². The van der Waals surface area contributed by atoms with Gasteiger partial charge in [-0.15, -0.1) is 11.6 Å². The number of rotatable bonds is 3. The van der Waals surface area contributed by atoms with Crippen LogP contribution < -0.4 is 0 Å². The quantitative estimate of drug-likeness (QED) is 0.659. The van der Waals surface area contributed by atoms with Crippen molar-refractivity contribution in [2.75, 3.05) is 0 Å². The van der Waals surface area contributed by atoms with Crippen molar-refractivity contribution in [1.82, 2.24) is 0 Å². The molecule has 2 rings (SSSR count). The molecule has 1 aliphatic carbocycles. The van der Waals surface area contributed by atoms with Crippen molar-refractivity contribution >= 4 is 11.6 Å². The first-order chi connectivity index (χ1) is 8.09. The summed E-state index contributed by atoms with van der Waals surface area (Å²) in [5.41, 5.74) is 1.79. The summed E-state index contributed by atoms with van der Waals surface area (Å²) in [6.07, 6.45) is 6.37. The van der Waals surface area contributed by atoms with Gasteiger partial charge in [-0.1, -0.05) is 57.0 Å². The molecule has 1 heteroatoms. The van der Waals surface area contributed by atoms with Gasteiger partial charge in [0.05, 0.1) is 0 Å². The predicted octanol–water partition coefficient (Wildman–Crippen LogP) is 5.05. The largest absolute Gasteiger partial charge is 0.122 e. The lowest BCUT2D eigenvalue weighted by Gasteiger charge is -2.41. The molecule has 0 N–H and O–H groups in total. The Morgan fingerprint density at radius 3 is 2.59 bits per heavy atom. The highest BCUT2D eigenvalue weighted by atomic mass is 35.5. The van der Waals surface area contributed by atoms with Gasteiger partial charge >= 0.3 is 0 Å². The number of benzene rings is 1. The lowest BCUT2D eigenvalue weighted by atomic mass is 9.67. The summed E-state index contributed by atoms with van der Waals surface area (Å²) in [5, 5.41) is 0.285. The van der Waals surface area contributed by atoms with Gasteiger partial charge in [0.15, 0.2) is 0 Å². The molecule has 94 valence electrons. The van der Waals surface area contributed by atoms with Crippen LogP contribution in [-0.2, 0) is 6.42 Å². The van der Waals surface area contributed by atoms with Gasteiger partial charge in [0.25, 0.3) is 0 Å². The average molecular weight is 251 g/mol. The third-order valence-corrected chi connectivity index (χ3v) is 4.76. The molecule has 2 unspecified atom stereocenters. The second kappa shape index (κ2) is 5.44. The molecule has 0 aliphatic heterocycles. The van der Waals surface area contributed by atoms with Gasteiger partial charge in [0.1, 0.15) is 0 Å². The lowest BCUT2D eigenvalue weighted by molar-refractivity contribution is 0.133. The third kappa shape index (κ3) is 3.25. The molecule has 0 spiro atoms. The maximum absolute atomic E-state index is 6.68. The summed E-state index contributed by atoms with van der Waals surface area (Å²) >= 11 is 6.68. The Balaban J connectivity index is 2.02. The van der Waals surface area contributed by atoms with E-state index in [1.807, 2.05) is 0 Å². The molecule has 1 fully saturated rings. The summed E-state index contributed by atoms with van der Waals surface area (Å²) in [6.45, 7) is 4.77. The van der Waals surface area contributed by atoms with Crippen LogP contribution in [-0.4, -0.2) is 5.38 Å². The molecular formula is C16H23Cl. The van der Waals surface area contributed by atoms with Crippen molar-refractivity contribution in [3.63, 3.8) is 0 Å². The lowest BCUT2D eigenvalue weighted by Crippen LogP contribution is -2.35. The van der Waals surface area contributed by atoms with E-state index < -0.39 is 0 Å². The first kappa shape index (κ1) is 13.0. The summed E-state index contributed by atoms with van der Waals surface area (Å²) < 4.78 is 0. The van der Waals surface area contributed by atoms with E-state index in [2.05, 4.69) is 44.2 Å².